The SMILES string of the molecule is C=C1C(=O)[C@@]23CC[C@@H]4C(C)(C)CCC[C@@]4(C)C2C(O[C@@H]2O[C@@H](O)[C@@H]4C(C)(C)C[C@H](OC(C)=O)[C@H](OC(C)=O)[C@@]4(C)[C@@]45O[C@@H]4C[C@@H]4C[C@]25C(=O)[C@@H]4C)C[C@@H]1C3. The van der Waals surface area contributed by atoms with Gasteiger partial charge in [0.2, 0.25) is 0 Å². The quantitative estimate of drug-likeness (QED) is 0.193. The molecule has 0 aromatic rings. The zero-order valence-electron chi connectivity index (χ0n) is 33.8. The van der Waals surface area contributed by atoms with E-state index in [2.05, 4.69) is 27.4 Å². The number of hydrogen-bond acceptors (Lipinski definition) is 10. The molecule has 7 aliphatic carbocycles. The first kappa shape index (κ1) is 37.4. The number of carbonyl (C=O) groups excluding carboxylic acids is 4. The van der Waals surface area contributed by atoms with E-state index in [0.717, 1.165) is 38.5 Å². The molecule has 0 aromatic heterocycles. The maximum atomic E-state index is 15.4. The number of hydrogen-bond donors (Lipinski definition) is 1. The van der Waals surface area contributed by atoms with Gasteiger partial charge in [0.25, 0.3) is 0 Å². The Morgan fingerprint density at radius 2 is 1.57 bits per heavy atom. The summed E-state index contributed by atoms with van der Waals surface area (Å²) >= 11 is 0. The molecular formula is C44H62O10. The lowest BCUT2D eigenvalue weighted by molar-refractivity contribution is -0.315. The Bertz CT molecular complexity index is 1720. The Morgan fingerprint density at radius 3 is 2.26 bits per heavy atom. The van der Waals surface area contributed by atoms with Gasteiger partial charge in [0.15, 0.2) is 18.4 Å². The topological polar surface area (TPSA) is 138 Å². The first-order chi connectivity index (χ1) is 25.1. The Balaban J connectivity index is 1.22. The van der Waals surface area contributed by atoms with Crippen molar-refractivity contribution in [3.63, 3.8) is 0 Å². The highest BCUT2D eigenvalue weighted by atomic mass is 16.7. The maximum absolute atomic E-state index is 15.4. The number of carbonyl (C=O) groups is 4. The van der Waals surface area contributed by atoms with Gasteiger partial charge in [-0.15, -0.1) is 0 Å². The van der Waals surface area contributed by atoms with Crippen LogP contribution in [0.1, 0.15) is 127 Å². The van der Waals surface area contributed by atoms with Gasteiger partial charge in [0.1, 0.15) is 29.0 Å². The summed E-state index contributed by atoms with van der Waals surface area (Å²) in [5, 5.41) is 12.6. The van der Waals surface area contributed by atoms with Gasteiger partial charge in [0.05, 0.1) is 12.2 Å². The predicted molar refractivity (Wildman–Crippen MR) is 195 cm³/mol. The molecule has 2 saturated heterocycles. The van der Waals surface area contributed by atoms with Crippen LogP contribution in [0.3, 0.4) is 0 Å². The molecule has 9 fully saturated rings. The summed E-state index contributed by atoms with van der Waals surface area (Å²) in [4.78, 5) is 55.5. The van der Waals surface area contributed by atoms with Crippen LogP contribution in [-0.4, -0.2) is 71.2 Å². The highest BCUT2D eigenvalue weighted by Gasteiger charge is 2.91. The van der Waals surface area contributed by atoms with Gasteiger partial charge in [-0.25, -0.2) is 0 Å². The maximum Gasteiger partial charge on any atom is 0.303 e. The van der Waals surface area contributed by atoms with Gasteiger partial charge in [0, 0.05) is 42.4 Å². The highest BCUT2D eigenvalue weighted by molar-refractivity contribution is 6.03. The number of Topliss-reactive ketones (excluding diaryl/α,β-unsaturated/α-hetero) is 2. The van der Waals surface area contributed by atoms with Crippen LogP contribution < -0.4 is 0 Å². The van der Waals surface area contributed by atoms with Crippen LogP contribution in [0.2, 0.25) is 0 Å². The van der Waals surface area contributed by atoms with Gasteiger partial charge in [-0.2, -0.15) is 0 Å². The zero-order valence-corrected chi connectivity index (χ0v) is 33.8. The molecule has 10 nitrogen and oxygen atoms in total. The number of aliphatic hydroxyl groups excluding tert-OH is 1. The molecule has 4 bridgehead atoms. The Labute approximate surface area is 320 Å². The monoisotopic (exact) mass is 750 g/mol. The van der Waals surface area contributed by atoms with Gasteiger partial charge in [-0.1, -0.05) is 61.5 Å². The molecule has 3 spiro atoms. The molecule has 0 amide bonds. The van der Waals surface area contributed by atoms with E-state index in [0.29, 0.717) is 37.2 Å². The van der Waals surface area contributed by atoms with E-state index in [1.165, 1.54) is 13.8 Å². The molecule has 17 atom stereocenters. The van der Waals surface area contributed by atoms with Gasteiger partial charge >= 0.3 is 11.9 Å². The van der Waals surface area contributed by atoms with E-state index in [4.69, 9.17) is 23.7 Å². The molecule has 7 saturated carbocycles. The summed E-state index contributed by atoms with van der Waals surface area (Å²) in [5.41, 5.74) is -4.48. The van der Waals surface area contributed by atoms with Gasteiger partial charge < -0.3 is 28.8 Å². The largest absolute Gasteiger partial charge is 0.459 e. The summed E-state index contributed by atoms with van der Waals surface area (Å²) in [6.07, 6.45) is 2.54. The third-order valence-corrected chi connectivity index (χ3v) is 18.0. The predicted octanol–water partition coefficient (Wildman–Crippen LogP) is 6.49. The van der Waals surface area contributed by atoms with Crippen LogP contribution in [0, 0.1) is 68.0 Å². The first-order valence-electron chi connectivity index (χ1n) is 20.9. The molecule has 9 rings (SSSR count). The summed E-state index contributed by atoms with van der Waals surface area (Å²) in [7, 11) is 0. The number of aliphatic hydroxyl groups is 1. The highest BCUT2D eigenvalue weighted by Crippen LogP contribution is 2.80. The summed E-state index contributed by atoms with van der Waals surface area (Å²) in [5.74, 6) is -1.57. The van der Waals surface area contributed by atoms with Crippen molar-refractivity contribution in [3.8, 4) is 0 Å². The fourth-order valence-corrected chi connectivity index (χ4v) is 16.6. The fourth-order valence-electron chi connectivity index (χ4n) is 16.6. The summed E-state index contributed by atoms with van der Waals surface area (Å²) in [6.45, 7) is 22.2. The lowest BCUT2D eigenvalue weighted by atomic mass is 9.40. The van der Waals surface area contributed by atoms with Gasteiger partial charge in [-0.3, -0.25) is 19.2 Å². The number of fused-ring (bicyclic) bond motifs is 5. The standard InChI is InChI=1S/C44H62O10/c1-21-25-16-27(31-40(9)14-11-13-38(5,6)29(40)12-15-42(31,18-25)33(21)47)52-37-43-19-26(22(2)34(43)48)17-30-44(43,54-30)41(10)32(36(49)53-37)39(7,8)20-28(50-23(3)45)35(41)51-24(4)46/h22,25-32,35-37,49H,1,11-20H2,2-10H3/t22-,25-,26-,27?,28+,29-,30-,31?,32-,35+,36-,37-,40-,41+,42-,43+,44+/m1/s1. The van der Waals surface area contributed by atoms with Crippen LogP contribution in [0.4, 0.5) is 0 Å². The van der Waals surface area contributed by atoms with Crippen LogP contribution in [-0.2, 0) is 42.9 Å². The van der Waals surface area contributed by atoms with Crippen molar-refractivity contribution in [2.24, 2.45) is 68.0 Å². The Hall–Kier alpha value is -2.14. The van der Waals surface area contributed by atoms with Crippen molar-refractivity contribution in [3.05, 3.63) is 12.2 Å². The van der Waals surface area contributed by atoms with Crippen molar-refractivity contribution in [1.82, 2.24) is 0 Å². The molecule has 9 aliphatic rings. The lowest BCUT2D eigenvalue weighted by Gasteiger charge is -2.65. The number of allylic oxidation sites excluding steroid dienone is 1. The van der Waals surface area contributed by atoms with Crippen LogP contribution in [0.15, 0.2) is 12.2 Å². The minimum atomic E-state index is -1.43. The lowest BCUT2D eigenvalue weighted by Crippen LogP contribution is -2.71. The number of ketones is 2. The molecule has 10 heteroatoms. The number of rotatable bonds is 4. The van der Waals surface area contributed by atoms with E-state index in [1.807, 2.05) is 27.7 Å². The van der Waals surface area contributed by atoms with Crippen molar-refractivity contribution in [2.45, 2.75) is 169 Å². The average molecular weight is 751 g/mol. The second kappa shape index (κ2) is 11.3. The van der Waals surface area contributed by atoms with E-state index >= 15 is 4.79 Å². The fraction of sp³-hybridized carbons (Fsp3) is 0.864. The summed E-state index contributed by atoms with van der Waals surface area (Å²) in [6, 6.07) is 0. The van der Waals surface area contributed by atoms with Gasteiger partial charge in [-0.05, 0) is 97.4 Å². The van der Waals surface area contributed by atoms with Crippen molar-refractivity contribution >= 4 is 23.5 Å². The first-order valence-corrected chi connectivity index (χ1v) is 20.9. The molecule has 0 aromatic carbocycles. The van der Waals surface area contributed by atoms with Crippen molar-refractivity contribution < 1.29 is 48.0 Å². The minimum Gasteiger partial charge on any atom is -0.459 e. The van der Waals surface area contributed by atoms with Crippen molar-refractivity contribution in [1.29, 1.82) is 0 Å². The van der Waals surface area contributed by atoms with E-state index < -0.39 is 76.0 Å². The van der Waals surface area contributed by atoms with Crippen molar-refractivity contribution in [2.75, 3.05) is 0 Å². The molecule has 2 heterocycles. The Morgan fingerprint density at radius 1 is 0.870 bits per heavy atom. The average Bonchev–Trinajstić information content (AvgIpc) is 3.75. The third kappa shape index (κ3) is 4.33. The summed E-state index contributed by atoms with van der Waals surface area (Å²) < 4.78 is 33.8. The normalized spacial score (nSPS) is 54.6. The molecule has 0 radical (unpaired) electrons. The smallest absolute Gasteiger partial charge is 0.303 e. The second-order valence-corrected chi connectivity index (χ2v) is 21.4. The number of epoxide rings is 1. The molecule has 54 heavy (non-hydrogen) atoms. The third-order valence-electron chi connectivity index (χ3n) is 18.0. The molecule has 2 unspecified atom stereocenters. The van der Waals surface area contributed by atoms with Crippen LogP contribution in [0.25, 0.3) is 0 Å². The zero-order chi connectivity index (χ0) is 38.9. The molecule has 298 valence electrons. The number of esters is 2. The van der Waals surface area contributed by atoms with Crippen LogP contribution >= 0.6 is 0 Å². The molecule has 1 N–H and O–H groups in total. The molecule has 2 aliphatic heterocycles. The molecular weight excluding hydrogens is 688 g/mol. The van der Waals surface area contributed by atoms with Crippen LogP contribution in [0.5, 0.6) is 0 Å². The van der Waals surface area contributed by atoms with E-state index in [1.54, 1.807) is 0 Å². The minimum absolute atomic E-state index is 0.0129. The Kier molecular flexibility index (Phi) is 7.82. The second-order valence-electron chi connectivity index (χ2n) is 21.4. The van der Waals surface area contributed by atoms with E-state index in [9.17, 15) is 19.5 Å². The van der Waals surface area contributed by atoms with E-state index in [-0.39, 0.29) is 52.2 Å². The number of ether oxygens (including phenoxy) is 5.